The molecule has 0 aliphatic heterocycles. The molecule has 1 nitrogen and oxygen atoms in total. The molecular formula is C5H14N+. The number of unbranched alkanes of at least 4 members (excludes halogenated alkanes) is 2. The maximum atomic E-state index is 3.72. The second-order valence-corrected chi connectivity index (χ2v) is 1.56. The average molecular weight is 88.2 g/mol. The average Bonchev–Trinajstić information content (AvgIpc) is 1.61. The molecule has 0 aromatic rings. The van der Waals surface area contributed by atoms with Gasteiger partial charge < -0.3 is 5.73 Å². The summed E-state index contributed by atoms with van der Waals surface area (Å²) < 4.78 is 0. The Kier molecular flexibility index (Phi) is 4.93. The molecular weight excluding hydrogens is 74.1 g/mol. The molecule has 0 spiro atoms. The Labute approximate surface area is 39.5 Å². The molecule has 0 atom stereocenters. The first-order chi connectivity index (χ1) is 2.91. The van der Waals surface area contributed by atoms with Crippen molar-refractivity contribution in [3.8, 4) is 0 Å². The third kappa shape index (κ3) is 3.96. The maximum Gasteiger partial charge on any atom is 0.0739 e. The molecule has 0 aliphatic carbocycles. The van der Waals surface area contributed by atoms with Gasteiger partial charge in [-0.1, -0.05) is 13.3 Å². The second-order valence-electron chi connectivity index (χ2n) is 1.56. The number of quaternary nitrogens is 1. The summed E-state index contributed by atoms with van der Waals surface area (Å²) in [6, 6.07) is 0. The maximum absolute atomic E-state index is 3.72. The van der Waals surface area contributed by atoms with E-state index in [2.05, 4.69) is 12.7 Å². The van der Waals surface area contributed by atoms with E-state index in [1.807, 2.05) is 0 Å². The summed E-state index contributed by atoms with van der Waals surface area (Å²) in [4.78, 5) is 0. The minimum absolute atomic E-state index is 1.10. The van der Waals surface area contributed by atoms with Gasteiger partial charge in [0, 0.05) is 0 Å². The SMILES string of the molecule is CCCCC[NH3+]. The Morgan fingerprint density at radius 3 is 2.17 bits per heavy atom. The number of hydrogen-bond donors (Lipinski definition) is 1. The first-order valence-corrected chi connectivity index (χ1v) is 2.71. The predicted molar refractivity (Wildman–Crippen MR) is 27.3 cm³/mol. The van der Waals surface area contributed by atoms with Crippen LogP contribution in [0.1, 0.15) is 26.2 Å². The van der Waals surface area contributed by atoms with Crippen LogP contribution in [0, 0.1) is 0 Å². The monoisotopic (exact) mass is 88.1 g/mol. The fraction of sp³-hybridized carbons (Fsp3) is 1.00. The Morgan fingerprint density at radius 1 is 1.33 bits per heavy atom. The van der Waals surface area contributed by atoms with Crippen LogP contribution in [0.15, 0.2) is 0 Å². The molecule has 6 heavy (non-hydrogen) atoms. The summed E-state index contributed by atoms with van der Waals surface area (Å²) in [5.41, 5.74) is 3.72. The lowest BCUT2D eigenvalue weighted by Gasteiger charge is -1.84. The van der Waals surface area contributed by atoms with Crippen LogP contribution >= 0.6 is 0 Å². The van der Waals surface area contributed by atoms with Crippen molar-refractivity contribution in [1.29, 1.82) is 0 Å². The minimum Gasteiger partial charge on any atom is -0.358 e. The highest BCUT2D eigenvalue weighted by atomic mass is 14.5. The first-order valence-electron chi connectivity index (χ1n) is 2.71. The van der Waals surface area contributed by atoms with E-state index in [1.54, 1.807) is 0 Å². The van der Waals surface area contributed by atoms with Crippen LogP contribution in [0.5, 0.6) is 0 Å². The zero-order valence-corrected chi connectivity index (χ0v) is 4.54. The summed E-state index contributed by atoms with van der Waals surface area (Å²) >= 11 is 0. The topological polar surface area (TPSA) is 27.6 Å². The van der Waals surface area contributed by atoms with E-state index in [4.69, 9.17) is 0 Å². The molecule has 0 aromatic heterocycles. The van der Waals surface area contributed by atoms with Crippen molar-refractivity contribution >= 4 is 0 Å². The van der Waals surface area contributed by atoms with Crippen molar-refractivity contribution in [2.24, 2.45) is 0 Å². The van der Waals surface area contributed by atoms with E-state index in [-0.39, 0.29) is 0 Å². The lowest BCUT2D eigenvalue weighted by atomic mass is 10.3. The van der Waals surface area contributed by atoms with Gasteiger partial charge in [0.15, 0.2) is 0 Å². The van der Waals surface area contributed by atoms with Gasteiger partial charge in [-0.25, -0.2) is 0 Å². The van der Waals surface area contributed by atoms with Crippen molar-refractivity contribution in [1.82, 2.24) is 0 Å². The van der Waals surface area contributed by atoms with E-state index >= 15 is 0 Å². The van der Waals surface area contributed by atoms with Crippen molar-refractivity contribution in [3.05, 3.63) is 0 Å². The Bertz CT molecular complexity index is 15.9. The summed E-state index contributed by atoms with van der Waals surface area (Å²) in [5, 5.41) is 0. The lowest BCUT2D eigenvalue weighted by Crippen LogP contribution is -2.49. The van der Waals surface area contributed by atoms with Gasteiger partial charge in [0.1, 0.15) is 0 Å². The molecule has 0 bridgehead atoms. The van der Waals surface area contributed by atoms with Gasteiger partial charge in [0.2, 0.25) is 0 Å². The zero-order valence-electron chi connectivity index (χ0n) is 4.54. The molecule has 3 N–H and O–H groups in total. The van der Waals surface area contributed by atoms with Crippen molar-refractivity contribution in [2.75, 3.05) is 6.54 Å². The molecule has 0 aliphatic rings. The van der Waals surface area contributed by atoms with Crippen molar-refractivity contribution < 1.29 is 5.73 Å². The highest BCUT2D eigenvalue weighted by Crippen LogP contribution is 1.87. The largest absolute Gasteiger partial charge is 0.358 e. The fourth-order valence-corrected chi connectivity index (χ4v) is 0.427. The van der Waals surface area contributed by atoms with Crippen LogP contribution in [-0.4, -0.2) is 6.54 Å². The second kappa shape index (κ2) is 4.96. The molecule has 0 saturated heterocycles. The Hall–Kier alpha value is -0.0400. The first kappa shape index (κ1) is 5.96. The van der Waals surface area contributed by atoms with Gasteiger partial charge in [-0.3, -0.25) is 0 Å². The number of hydrogen-bond acceptors (Lipinski definition) is 0. The quantitative estimate of drug-likeness (QED) is 0.484. The molecule has 0 saturated carbocycles. The predicted octanol–water partition coefficient (Wildman–Crippen LogP) is 0.419. The highest BCUT2D eigenvalue weighted by Gasteiger charge is 1.77. The van der Waals surface area contributed by atoms with E-state index in [9.17, 15) is 0 Å². The fourth-order valence-electron chi connectivity index (χ4n) is 0.427. The smallest absolute Gasteiger partial charge is 0.0739 e. The minimum atomic E-state index is 1.10. The molecule has 0 rings (SSSR count). The van der Waals surface area contributed by atoms with Crippen LogP contribution in [-0.2, 0) is 0 Å². The molecule has 0 amide bonds. The van der Waals surface area contributed by atoms with E-state index in [1.165, 1.54) is 19.3 Å². The Morgan fingerprint density at radius 2 is 2.00 bits per heavy atom. The Balaban J connectivity index is 2.34. The summed E-state index contributed by atoms with van der Waals surface area (Å²) in [6.45, 7) is 3.31. The third-order valence-corrected chi connectivity index (χ3v) is 0.854. The van der Waals surface area contributed by atoms with Crippen LogP contribution in [0.4, 0.5) is 0 Å². The van der Waals surface area contributed by atoms with E-state index in [0.717, 1.165) is 6.54 Å². The van der Waals surface area contributed by atoms with E-state index < -0.39 is 0 Å². The normalized spacial score (nSPS) is 9.00. The molecule has 0 radical (unpaired) electrons. The lowest BCUT2D eigenvalue weighted by molar-refractivity contribution is -0.368. The van der Waals surface area contributed by atoms with Gasteiger partial charge in [-0.15, -0.1) is 0 Å². The van der Waals surface area contributed by atoms with Crippen LogP contribution in [0.25, 0.3) is 0 Å². The van der Waals surface area contributed by atoms with Gasteiger partial charge in [-0.05, 0) is 12.8 Å². The highest BCUT2D eigenvalue weighted by molar-refractivity contribution is 4.29. The summed E-state index contributed by atoms with van der Waals surface area (Å²) in [7, 11) is 0. The van der Waals surface area contributed by atoms with E-state index in [0.29, 0.717) is 0 Å². The molecule has 1 heteroatoms. The molecule has 0 fully saturated rings. The van der Waals surface area contributed by atoms with Crippen molar-refractivity contribution in [3.63, 3.8) is 0 Å². The van der Waals surface area contributed by atoms with Gasteiger partial charge >= 0.3 is 0 Å². The van der Waals surface area contributed by atoms with Crippen LogP contribution in [0.2, 0.25) is 0 Å². The third-order valence-electron chi connectivity index (χ3n) is 0.854. The summed E-state index contributed by atoms with van der Waals surface area (Å²) in [5.74, 6) is 0. The molecule has 0 unspecified atom stereocenters. The van der Waals surface area contributed by atoms with Gasteiger partial charge in [0.05, 0.1) is 6.54 Å². The standard InChI is InChI=1S/C5H13N/c1-2-3-4-5-6/h2-6H2,1H3/p+1. The van der Waals surface area contributed by atoms with Crippen molar-refractivity contribution in [2.45, 2.75) is 26.2 Å². The molecule has 0 aromatic carbocycles. The zero-order chi connectivity index (χ0) is 4.83. The van der Waals surface area contributed by atoms with Crippen LogP contribution < -0.4 is 5.73 Å². The van der Waals surface area contributed by atoms with Crippen LogP contribution in [0.3, 0.4) is 0 Å². The molecule has 38 valence electrons. The van der Waals surface area contributed by atoms with Gasteiger partial charge in [-0.2, -0.15) is 0 Å². The van der Waals surface area contributed by atoms with Gasteiger partial charge in [0.25, 0.3) is 0 Å². The summed E-state index contributed by atoms with van der Waals surface area (Å²) in [6.07, 6.45) is 3.97. The molecule has 0 heterocycles. The number of rotatable bonds is 3.